The molecular weight excluding hydrogens is 248 g/mol. The van der Waals surface area contributed by atoms with Crippen LogP contribution in [0.2, 0.25) is 0 Å². The Morgan fingerprint density at radius 2 is 2.06 bits per heavy atom. The number of nitrogens with one attached hydrogen (secondary N) is 1. The van der Waals surface area contributed by atoms with Gasteiger partial charge < -0.3 is 11.1 Å². The minimum atomic E-state index is 0.0690. The molecule has 0 radical (unpaired) electrons. The predicted molar refractivity (Wildman–Crippen MR) is 75.4 cm³/mol. The maximum absolute atomic E-state index is 12.0. The van der Waals surface area contributed by atoms with Crippen LogP contribution in [0.3, 0.4) is 0 Å². The van der Waals surface area contributed by atoms with Gasteiger partial charge in [-0.3, -0.25) is 14.6 Å². The summed E-state index contributed by atoms with van der Waals surface area (Å²) in [4.78, 5) is 17.1. The normalized spacial score (nSPS) is 27.6. The van der Waals surface area contributed by atoms with Crippen LogP contribution in [0.15, 0.2) is 0 Å². The quantitative estimate of drug-likeness (QED) is 0.681. The van der Waals surface area contributed by atoms with Crippen molar-refractivity contribution in [3.8, 4) is 0 Å². The van der Waals surface area contributed by atoms with Crippen LogP contribution in [0.25, 0.3) is 0 Å². The standard InChI is InChI=1S/C12H22N4OS/c13-11(18)9-15-5-7-16(8-6-15)10-3-1-2-4-14-12(10)17/h10H,1-9H2,(H2,13,18)(H,14,17). The zero-order valence-corrected chi connectivity index (χ0v) is 11.5. The first-order valence-electron chi connectivity index (χ1n) is 6.69. The van der Waals surface area contributed by atoms with Crippen LogP contribution < -0.4 is 11.1 Å². The summed E-state index contributed by atoms with van der Waals surface area (Å²) in [5.41, 5.74) is 5.56. The summed E-state index contributed by atoms with van der Waals surface area (Å²) in [6.07, 6.45) is 3.22. The van der Waals surface area contributed by atoms with E-state index in [0.717, 1.165) is 52.0 Å². The Balaban J connectivity index is 1.84. The first kappa shape index (κ1) is 13.7. The van der Waals surface area contributed by atoms with E-state index in [4.69, 9.17) is 18.0 Å². The van der Waals surface area contributed by atoms with Crippen molar-refractivity contribution in [1.29, 1.82) is 0 Å². The molecule has 0 aromatic heterocycles. The van der Waals surface area contributed by atoms with Gasteiger partial charge in [0.2, 0.25) is 5.91 Å². The number of thiocarbonyl (C=S) groups is 1. The van der Waals surface area contributed by atoms with Crippen LogP contribution in [0.5, 0.6) is 0 Å². The number of carbonyl (C=O) groups excluding carboxylic acids is 1. The van der Waals surface area contributed by atoms with E-state index in [2.05, 4.69) is 15.1 Å². The van der Waals surface area contributed by atoms with Crippen LogP contribution in [0, 0.1) is 0 Å². The first-order chi connectivity index (χ1) is 8.66. The fourth-order valence-electron chi connectivity index (χ4n) is 2.73. The van der Waals surface area contributed by atoms with Gasteiger partial charge in [-0.2, -0.15) is 0 Å². The van der Waals surface area contributed by atoms with Crippen molar-refractivity contribution in [2.24, 2.45) is 5.73 Å². The predicted octanol–water partition coefficient (Wildman–Crippen LogP) is -0.441. The molecule has 5 nitrogen and oxygen atoms in total. The summed E-state index contributed by atoms with van der Waals surface area (Å²) in [5.74, 6) is 0.204. The van der Waals surface area contributed by atoms with Crippen molar-refractivity contribution in [1.82, 2.24) is 15.1 Å². The van der Waals surface area contributed by atoms with Crippen LogP contribution in [0.4, 0.5) is 0 Å². The zero-order valence-electron chi connectivity index (χ0n) is 10.7. The Hall–Kier alpha value is -0.720. The molecule has 0 spiro atoms. The summed E-state index contributed by atoms with van der Waals surface area (Å²) < 4.78 is 0. The smallest absolute Gasteiger partial charge is 0.237 e. The highest BCUT2D eigenvalue weighted by molar-refractivity contribution is 7.80. The molecule has 6 heteroatoms. The second-order valence-corrected chi connectivity index (χ2v) is 5.61. The van der Waals surface area contributed by atoms with Crippen molar-refractivity contribution in [3.63, 3.8) is 0 Å². The van der Waals surface area contributed by atoms with Gasteiger partial charge in [-0.15, -0.1) is 0 Å². The molecule has 102 valence electrons. The highest BCUT2D eigenvalue weighted by atomic mass is 32.1. The number of carbonyl (C=O) groups is 1. The van der Waals surface area contributed by atoms with E-state index in [1.165, 1.54) is 0 Å². The molecule has 1 atom stereocenters. The van der Waals surface area contributed by atoms with E-state index in [9.17, 15) is 4.79 Å². The van der Waals surface area contributed by atoms with Crippen molar-refractivity contribution in [2.45, 2.75) is 25.3 Å². The molecule has 0 aliphatic carbocycles. The summed E-state index contributed by atoms with van der Waals surface area (Å²) in [6, 6.07) is 0.0690. The lowest BCUT2D eigenvalue weighted by Crippen LogP contribution is -2.55. The summed E-state index contributed by atoms with van der Waals surface area (Å²) in [7, 11) is 0. The lowest BCUT2D eigenvalue weighted by molar-refractivity contribution is -0.126. The third-order valence-electron chi connectivity index (χ3n) is 3.73. The van der Waals surface area contributed by atoms with Crippen LogP contribution >= 0.6 is 12.2 Å². The molecule has 2 heterocycles. The molecule has 3 N–H and O–H groups in total. The SMILES string of the molecule is NC(=S)CN1CCN(C2CCCCNC2=O)CC1. The molecule has 2 aliphatic rings. The Morgan fingerprint density at radius 1 is 1.33 bits per heavy atom. The minimum absolute atomic E-state index is 0.0690. The van der Waals surface area contributed by atoms with Crippen LogP contribution in [0.1, 0.15) is 19.3 Å². The van der Waals surface area contributed by atoms with Gasteiger partial charge in [-0.1, -0.05) is 12.2 Å². The van der Waals surface area contributed by atoms with Crippen molar-refractivity contribution >= 4 is 23.1 Å². The molecule has 0 aromatic carbocycles. The van der Waals surface area contributed by atoms with Gasteiger partial charge in [-0.25, -0.2) is 0 Å². The Labute approximate surface area is 114 Å². The van der Waals surface area contributed by atoms with Gasteiger partial charge in [-0.05, 0) is 19.3 Å². The largest absolute Gasteiger partial charge is 0.392 e. The number of rotatable bonds is 3. The van der Waals surface area contributed by atoms with Gasteiger partial charge >= 0.3 is 0 Å². The molecule has 0 aromatic rings. The molecule has 2 rings (SSSR count). The first-order valence-corrected chi connectivity index (χ1v) is 7.10. The third-order valence-corrected chi connectivity index (χ3v) is 3.86. The molecule has 2 saturated heterocycles. The van der Waals surface area contributed by atoms with Crippen molar-refractivity contribution in [2.75, 3.05) is 39.3 Å². The van der Waals surface area contributed by atoms with E-state index >= 15 is 0 Å². The van der Waals surface area contributed by atoms with Crippen LogP contribution in [-0.2, 0) is 4.79 Å². The van der Waals surface area contributed by atoms with Gasteiger partial charge in [0, 0.05) is 39.3 Å². The second-order valence-electron chi connectivity index (χ2n) is 5.08. The number of nitrogens with two attached hydrogens (primary N) is 1. The summed E-state index contributed by atoms with van der Waals surface area (Å²) in [5, 5.41) is 3.00. The molecular formula is C12H22N4OS. The number of piperazine rings is 1. The van der Waals surface area contributed by atoms with Gasteiger partial charge in [0.25, 0.3) is 0 Å². The topological polar surface area (TPSA) is 61.6 Å². The summed E-state index contributed by atoms with van der Waals surface area (Å²) >= 11 is 4.93. The number of hydrogen-bond acceptors (Lipinski definition) is 4. The van der Waals surface area contributed by atoms with Crippen molar-refractivity contribution < 1.29 is 4.79 Å². The average molecular weight is 270 g/mol. The molecule has 18 heavy (non-hydrogen) atoms. The zero-order chi connectivity index (χ0) is 13.0. The molecule has 1 amide bonds. The monoisotopic (exact) mass is 270 g/mol. The van der Waals surface area contributed by atoms with E-state index in [0.29, 0.717) is 11.5 Å². The number of hydrogen-bond donors (Lipinski definition) is 2. The van der Waals surface area contributed by atoms with Crippen LogP contribution in [-0.4, -0.2) is 66.0 Å². The molecule has 0 saturated carbocycles. The minimum Gasteiger partial charge on any atom is -0.392 e. The van der Waals surface area contributed by atoms with Gasteiger partial charge in [0.1, 0.15) is 0 Å². The maximum atomic E-state index is 12.0. The Kier molecular flexibility index (Phi) is 4.91. The molecule has 2 aliphatic heterocycles. The fourth-order valence-corrected chi connectivity index (χ4v) is 2.91. The molecule has 2 fully saturated rings. The maximum Gasteiger partial charge on any atom is 0.237 e. The van der Waals surface area contributed by atoms with Gasteiger partial charge in [0.15, 0.2) is 0 Å². The highest BCUT2D eigenvalue weighted by Gasteiger charge is 2.29. The van der Waals surface area contributed by atoms with E-state index in [-0.39, 0.29) is 11.9 Å². The number of nitrogens with zero attached hydrogens (tertiary/aromatic N) is 2. The highest BCUT2D eigenvalue weighted by Crippen LogP contribution is 2.14. The number of amides is 1. The molecule has 1 unspecified atom stereocenters. The Bertz CT molecular complexity index is 315. The summed E-state index contributed by atoms with van der Waals surface area (Å²) in [6.45, 7) is 5.28. The lowest BCUT2D eigenvalue weighted by Gasteiger charge is -2.38. The van der Waals surface area contributed by atoms with E-state index in [1.807, 2.05) is 0 Å². The van der Waals surface area contributed by atoms with Gasteiger partial charge in [0.05, 0.1) is 11.0 Å². The molecule has 0 bridgehead atoms. The average Bonchev–Trinajstić information content (AvgIpc) is 2.54. The van der Waals surface area contributed by atoms with E-state index in [1.54, 1.807) is 0 Å². The van der Waals surface area contributed by atoms with Crippen molar-refractivity contribution in [3.05, 3.63) is 0 Å². The Morgan fingerprint density at radius 3 is 2.72 bits per heavy atom. The van der Waals surface area contributed by atoms with E-state index < -0.39 is 0 Å². The third kappa shape index (κ3) is 3.63. The second kappa shape index (κ2) is 6.45. The fraction of sp³-hybridized carbons (Fsp3) is 0.833. The lowest BCUT2D eigenvalue weighted by atomic mass is 10.1.